The van der Waals surface area contributed by atoms with E-state index in [-0.39, 0.29) is 18.1 Å². The third-order valence-electron chi connectivity index (χ3n) is 3.68. The van der Waals surface area contributed by atoms with E-state index in [1.54, 1.807) is 32.2 Å². The van der Waals surface area contributed by atoms with E-state index in [0.29, 0.717) is 23.5 Å². The van der Waals surface area contributed by atoms with Crippen LogP contribution in [0.15, 0.2) is 18.2 Å². The summed E-state index contributed by atoms with van der Waals surface area (Å²) >= 11 is 0. The number of anilines is 2. The summed E-state index contributed by atoms with van der Waals surface area (Å²) in [6.07, 6.45) is 3.30. The first-order valence-electron chi connectivity index (χ1n) is 7.02. The molecule has 1 aliphatic rings. The van der Waals surface area contributed by atoms with Gasteiger partial charge in [0, 0.05) is 7.11 Å². The van der Waals surface area contributed by atoms with Crippen molar-refractivity contribution in [1.82, 2.24) is 0 Å². The fourth-order valence-corrected chi connectivity index (χ4v) is 2.67. The minimum atomic E-state index is -0.353. The van der Waals surface area contributed by atoms with Gasteiger partial charge in [-0.25, -0.2) is 4.79 Å². The van der Waals surface area contributed by atoms with Crippen molar-refractivity contribution in [3.8, 4) is 0 Å². The molecule has 1 aromatic rings. The zero-order chi connectivity index (χ0) is 14.5. The maximum absolute atomic E-state index is 12.0. The largest absolute Gasteiger partial charge is 0.462 e. The first-order valence-corrected chi connectivity index (χ1v) is 7.02. The highest BCUT2D eigenvalue weighted by Gasteiger charge is 2.28. The first-order chi connectivity index (χ1) is 9.67. The van der Waals surface area contributed by atoms with E-state index in [2.05, 4.69) is 5.32 Å². The van der Waals surface area contributed by atoms with Crippen LogP contribution in [0, 0.1) is 0 Å². The van der Waals surface area contributed by atoms with Crippen molar-refractivity contribution in [3.05, 3.63) is 23.8 Å². The predicted molar refractivity (Wildman–Crippen MR) is 78.9 cm³/mol. The highest BCUT2D eigenvalue weighted by Crippen LogP contribution is 2.30. The van der Waals surface area contributed by atoms with Gasteiger partial charge in [0.15, 0.2) is 0 Å². The zero-order valence-corrected chi connectivity index (χ0v) is 12.0. The molecule has 0 aromatic heterocycles. The van der Waals surface area contributed by atoms with E-state index in [0.717, 1.165) is 19.3 Å². The Morgan fingerprint density at radius 2 is 2.25 bits per heavy atom. The molecular formula is C15H22N2O3. The molecule has 0 aliphatic heterocycles. The Bertz CT molecular complexity index is 476. The van der Waals surface area contributed by atoms with Crippen LogP contribution in [0.3, 0.4) is 0 Å². The molecule has 0 bridgehead atoms. The Balaban J connectivity index is 2.23. The molecule has 5 nitrogen and oxygen atoms in total. The van der Waals surface area contributed by atoms with Gasteiger partial charge in [-0.05, 0) is 38.3 Å². The number of carbonyl (C=O) groups excluding carboxylic acids is 1. The quantitative estimate of drug-likeness (QED) is 0.639. The maximum Gasteiger partial charge on any atom is 0.340 e. The molecule has 1 saturated carbocycles. The Hall–Kier alpha value is -1.75. The standard InChI is InChI=1S/C15H22N2O3/c1-3-20-15(18)10-6-4-7-11(16)14(10)17-12-8-5-9-13(12)19-2/h4,6-7,12-13,17H,3,5,8-9,16H2,1-2H3. The summed E-state index contributed by atoms with van der Waals surface area (Å²) in [5.41, 5.74) is 7.70. The summed E-state index contributed by atoms with van der Waals surface area (Å²) in [6, 6.07) is 5.45. The van der Waals surface area contributed by atoms with Crippen molar-refractivity contribution in [1.29, 1.82) is 0 Å². The normalized spacial score (nSPS) is 21.7. The summed E-state index contributed by atoms with van der Waals surface area (Å²) in [5.74, 6) is -0.353. The third kappa shape index (κ3) is 3.04. The number of ether oxygens (including phenoxy) is 2. The monoisotopic (exact) mass is 278 g/mol. The Morgan fingerprint density at radius 3 is 2.95 bits per heavy atom. The number of nitrogens with two attached hydrogens (primary N) is 1. The SMILES string of the molecule is CCOC(=O)c1cccc(N)c1NC1CCCC1OC. The van der Waals surface area contributed by atoms with Crippen LogP contribution in [-0.4, -0.2) is 31.8 Å². The molecule has 0 saturated heterocycles. The molecule has 5 heteroatoms. The minimum Gasteiger partial charge on any atom is -0.462 e. The van der Waals surface area contributed by atoms with Crippen LogP contribution in [0.5, 0.6) is 0 Å². The first kappa shape index (κ1) is 14.7. The minimum absolute atomic E-state index is 0.157. The summed E-state index contributed by atoms with van der Waals surface area (Å²) in [4.78, 5) is 12.0. The van der Waals surface area contributed by atoms with Gasteiger partial charge < -0.3 is 20.5 Å². The van der Waals surface area contributed by atoms with Gasteiger partial charge in [0.2, 0.25) is 0 Å². The van der Waals surface area contributed by atoms with Gasteiger partial charge >= 0.3 is 5.97 Å². The third-order valence-corrected chi connectivity index (χ3v) is 3.68. The second-order valence-corrected chi connectivity index (χ2v) is 4.95. The van der Waals surface area contributed by atoms with Crippen LogP contribution in [0.25, 0.3) is 0 Å². The lowest BCUT2D eigenvalue weighted by Crippen LogP contribution is -2.31. The van der Waals surface area contributed by atoms with Gasteiger partial charge in [-0.2, -0.15) is 0 Å². The van der Waals surface area contributed by atoms with Crippen molar-refractivity contribution < 1.29 is 14.3 Å². The molecule has 1 fully saturated rings. The van der Waals surface area contributed by atoms with Gasteiger partial charge in [0.1, 0.15) is 0 Å². The van der Waals surface area contributed by atoms with Crippen LogP contribution < -0.4 is 11.1 Å². The van der Waals surface area contributed by atoms with Crippen molar-refractivity contribution in [2.75, 3.05) is 24.8 Å². The van der Waals surface area contributed by atoms with E-state index in [4.69, 9.17) is 15.2 Å². The summed E-state index contributed by atoms with van der Waals surface area (Å²) in [5, 5.41) is 3.37. The zero-order valence-electron chi connectivity index (χ0n) is 12.0. The van der Waals surface area contributed by atoms with E-state index in [1.165, 1.54) is 0 Å². The lowest BCUT2D eigenvalue weighted by Gasteiger charge is -2.23. The van der Waals surface area contributed by atoms with E-state index >= 15 is 0 Å². The number of nitrogens with one attached hydrogen (secondary N) is 1. The fourth-order valence-electron chi connectivity index (χ4n) is 2.67. The average Bonchev–Trinajstić information content (AvgIpc) is 2.88. The number of para-hydroxylation sites is 1. The lowest BCUT2D eigenvalue weighted by atomic mass is 10.1. The lowest BCUT2D eigenvalue weighted by molar-refractivity contribution is 0.0527. The second-order valence-electron chi connectivity index (χ2n) is 4.95. The number of rotatable bonds is 5. The van der Waals surface area contributed by atoms with Gasteiger partial charge in [0.25, 0.3) is 0 Å². The van der Waals surface area contributed by atoms with E-state index < -0.39 is 0 Å². The summed E-state index contributed by atoms with van der Waals surface area (Å²) in [7, 11) is 1.71. The second kappa shape index (κ2) is 6.61. The number of nitrogen functional groups attached to an aromatic ring is 1. The van der Waals surface area contributed by atoms with Crippen molar-refractivity contribution >= 4 is 17.3 Å². The summed E-state index contributed by atoms with van der Waals surface area (Å²) < 4.78 is 10.5. The molecule has 2 rings (SSSR count). The molecule has 1 aromatic carbocycles. The molecule has 20 heavy (non-hydrogen) atoms. The fraction of sp³-hybridized carbons (Fsp3) is 0.533. The Labute approximate surface area is 119 Å². The summed E-state index contributed by atoms with van der Waals surface area (Å²) in [6.45, 7) is 2.13. The van der Waals surface area contributed by atoms with Crippen molar-refractivity contribution in [2.45, 2.75) is 38.3 Å². The number of methoxy groups -OCH3 is 1. The Morgan fingerprint density at radius 1 is 1.45 bits per heavy atom. The van der Waals surface area contributed by atoms with Gasteiger partial charge in [0.05, 0.1) is 35.7 Å². The number of benzene rings is 1. The number of hydrogen-bond donors (Lipinski definition) is 2. The topological polar surface area (TPSA) is 73.6 Å². The molecule has 0 amide bonds. The molecule has 0 heterocycles. The molecule has 0 spiro atoms. The molecule has 1 aliphatic carbocycles. The Kier molecular flexibility index (Phi) is 4.84. The number of carbonyl (C=O) groups is 1. The van der Waals surface area contributed by atoms with E-state index in [1.807, 2.05) is 0 Å². The number of hydrogen-bond acceptors (Lipinski definition) is 5. The van der Waals surface area contributed by atoms with Crippen LogP contribution >= 0.6 is 0 Å². The van der Waals surface area contributed by atoms with Crippen LogP contribution in [-0.2, 0) is 9.47 Å². The average molecular weight is 278 g/mol. The predicted octanol–water partition coefficient (Wildman–Crippen LogP) is 2.42. The highest BCUT2D eigenvalue weighted by atomic mass is 16.5. The van der Waals surface area contributed by atoms with Crippen LogP contribution in [0.4, 0.5) is 11.4 Å². The van der Waals surface area contributed by atoms with Gasteiger partial charge in [-0.3, -0.25) is 0 Å². The molecule has 2 atom stereocenters. The van der Waals surface area contributed by atoms with E-state index in [9.17, 15) is 4.79 Å². The van der Waals surface area contributed by atoms with Gasteiger partial charge in [-0.1, -0.05) is 6.07 Å². The smallest absolute Gasteiger partial charge is 0.340 e. The van der Waals surface area contributed by atoms with Crippen LogP contribution in [0.1, 0.15) is 36.5 Å². The molecule has 0 radical (unpaired) electrons. The van der Waals surface area contributed by atoms with Crippen molar-refractivity contribution in [3.63, 3.8) is 0 Å². The molecule has 110 valence electrons. The molecule has 3 N–H and O–H groups in total. The van der Waals surface area contributed by atoms with Crippen LogP contribution in [0.2, 0.25) is 0 Å². The van der Waals surface area contributed by atoms with Gasteiger partial charge in [-0.15, -0.1) is 0 Å². The maximum atomic E-state index is 12.0. The molecular weight excluding hydrogens is 256 g/mol. The molecule has 2 unspecified atom stereocenters. The number of esters is 1. The highest BCUT2D eigenvalue weighted by molar-refractivity contribution is 5.98. The van der Waals surface area contributed by atoms with Crippen molar-refractivity contribution in [2.24, 2.45) is 0 Å².